The minimum atomic E-state index is -3.77. The zero-order valence-corrected chi connectivity index (χ0v) is 18.4. The molecule has 2 aromatic rings. The third kappa shape index (κ3) is 4.50. The van der Waals surface area contributed by atoms with E-state index in [9.17, 15) is 13.5 Å². The average molecular weight is 438 g/mol. The van der Waals surface area contributed by atoms with E-state index in [1.54, 1.807) is 17.1 Å². The quantitative estimate of drug-likeness (QED) is 0.688. The first-order valence-electron chi connectivity index (χ1n) is 9.89. The molecule has 1 N–H and O–H groups in total. The lowest BCUT2D eigenvalue weighted by molar-refractivity contribution is 0.0617. The van der Waals surface area contributed by atoms with E-state index in [4.69, 9.17) is 11.6 Å². The molecule has 8 heteroatoms. The van der Waals surface area contributed by atoms with Gasteiger partial charge in [0.05, 0.1) is 12.6 Å². The third-order valence-electron chi connectivity index (χ3n) is 5.37. The summed E-state index contributed by atoms with van der Waals surface area (Å²) in [6.07, 6.45) is 0. The summed E-state index contributed by atoms with van der Waals surface area (Å²) in [7, 11) is -3.77. The molecule has 2 atom stereocenters. The summed E-state index contributed by atoms with van der Waals surface area (Å²) in [6.45, 7) is 5.04. The number of nitrogens with zero attached hydrogens (tertiary/aromatic N) is 3. The number of aliphatic hydroxyl groups is 1. The third-order valence-corrected chi connectivity index (χ3v) is 7.72. The maximum absolute atomic E-state index is 13.6. The second kappa shape index (κ2) is 9.55. The van der Waals surface area contributed by atoms with Crippen LogP contribution in [0.3, 0.4) is 0 Å². The predicted octanol–water partition coefficient (Wildman–Crippen LogP) is 3.28. The van der Waals surface area contributed by atoms with E-state index in [1.807, 2.05) is 56.3 Å². The second-order valence-electron chi connectivity index (χ2n) is 7.01. The summed E-state index contributed by atoms with van der Waals surface area (Å²) in [5, 5.41) is 12.0. The Labute approximate surface area is 178 Å². The molecule has 0 aliphatic carbocycles. The number of hydrogen-bond acceptors (Lipinski definition) is 4. The Morgan fingerprint density at radius 2 is 1.66 bits per heavy atom. The van der Waals surface area contributed by atoms with E-state index in [0.717, 1.165) is 11.1 Å². The van der Waals surface area contributed by atoms with Crippen molar-refractivity contribution in [3.05, 3.63) is 70.7 Å². The Morgan fingerprint density at radius 3 is 2.21 bits per heavy atom. The summed E-state index contributed by atoms with van der Waals surface area (Å²) in [5.41, 5.74) is 1.94. The number of rotatable bonds is 8. The first-order chi connectivity index (χ1) is 13.9. The molecular formula is C21H28ClN3O3S. The van der Waals surface area contributed by atoms with Crippen molar-refractivity contribution >= 4 is 21.8 Å². The Morgan fingerprint density at radius 1 is 1.03 bits per heavy atom. The fourth-order valence-electron chi connectivity index (χ4n) is 4.01. The van der Waals surface area contributed by atoms with Gasteiger partial charge >= 0.3 is 0 Å². The predicted molar refractivity (Wildman–Crippen MR) is 116 cm³/mol. The molecule has 0 saturated carbocycles. The van der Waals surface area contributed by atoms with Crippen molar-refractivity contribution in [2.24, 2.45) is 0 Å². The smallest absolute Gasteiger partial charge is 0.295 e. The summed E-state index contributed by atoms with van der Waals surface area (Å²) in [4.78, 5) is 0. The zero-order chi connectivity index (χ0) is 21.0. The van der Waals surface area contributed by atoms with E-state index in [-0.39, 0.29) is 19.1 Å². The maximum atomic E-state index is 13.6. The van der Waals surface area contributed by atoms with Crippen LogP contribution >= 0.6 is 11.6 Å². The lowest BCUT2D eigenvalue weighted by Gasteiger charge is -2.35. The molecule has 0 amide bonds. The van der Waals surface area contributed by atoms with E-state index in [2.05, 4.69) is 0 Å². The summed E-state index contributed by atoms with van der Waals surface area (Å²) >= 11 is 6.09. The first-order valence-corrected chi connectivity index (χ1v) is 11.7. The molecule has 1 aliphatic heterocycles. The molecule has 3 rings (SSSR count). The van der Waals surface area contributed by atoms with Crippen molar-refractivity contribution in [1.82, 2.24) is 13.7 Å². The van der Waals surface area contributed by atoms with E-state index in [1.165, 1.54) is 8.72 Å². The first kappa shape index (κ1) is 22.2. The van der Waals surface area contributed by atoms with Crippen LogP contribution in [0.5, 0.6) is 0 Å². The lowest BCUT2D eigenvalue weighted by atomic mass is 9.89. The molecule has 158 valence electrons. The molecule has 1 fully saturated rings. The van der Waals surface area contributed by atoms with Gasteiger partial charge in [-0.05, 0) is 23.3 Å². The standard InChI is InChI=1S/C21H28ClN3O3S/c1-3-24(4-2)29(27,28)25-21(18-10-12-19(22)13-11-18)20(16-23(25)14-15-26)17-8-6-5-7-9-17/h5-13,20-21,26H,3-4,14-16H2,1-2H3. The highest BCUT2D eigenvalue weighted by atomic mass is 35.5. The van der Waals surface area contributed by atoms with Gasteiger partial charge in [0, 0.05) is 37.1 Å². The average Bonchev–Trinajstić information content (AvgIpc) is 3.10. The fraction of sp³-hybridized carbons (Fsp3) is 0.429. The van der Waals surface area contributed by atoms with E-state index in [0.29, 0.717) is 24.7 Å². The lowest BCUT2D eigenvalue weighted by Crippen LogP contribution is -2.50. The van der Waals surface area contributed by atoms with Crippen molar-refractivity contribution in [1.29, 1.82) is 0 Å². The topological polar surface area (TPSA) is 64.1 Å². The number of benzene rings is 2. The van der Waals surface area contributed by atoms with Gasteiger partial charge in [-0.1, -0.05) is 67.9 Å². The van der Waals surface area contributed by atoms with Crippen LogP contribution in [-0.2, 0) is 10.2 Å². The van der Waals surface area contributed by atoms with Crippen LogP contribution in [-0.4, -0.2) is 60.0 Å². The molecule has 1 heterocycles. The van der Waals surface area contributed by atoms with Gasteiger partial charge in [-0.2, -0.15) is 12.7 Å². The van der Waals surface area contributed by atoms with Crippen LogP contribution in [0.15, 0.2) is 54.6 Å². The van der Waals surface area contributed by atoms with Gasteiger partial charge < -0.3 is 5.11 Å². The van der Waals surface area contributed by atoms with Crippen molar-refractivity contribution in [2.45, 2.75) is 25.8 Å². The highest BCUT2D eigenvalue weighted by molar-refractivity contribution is 7.86. The number of halogens is 1. The van der Waals surface area contributed by atoms with Crippen LogP contribution in [0.25, 0.3) is 0 Å². The van der Waals surface area contributed by atoms with Crippen LogP contribution < -0.4 is 0 Å². The number of aliphatic hydroxyl groups excluding tert-OH is 1. The SMILES string of the molecule is CCN(CC)S(=O)(=O)N1C(c2ccc(Cl)cc2)C(c2ccccc2)CN1CCO. The normalized spacial score (nSPS) is 21.1. The largest absolute Gasteiger partial charge is 0.395 e. The van der Waals surface area contributed by atoms with Crippen LogP contribution in [0.1, 0.15) is 36.9 Å². The van der Waals surface area contributed by atoms with Gasteiger partial charge in [-0.3, -0.25) is 0 Å². The summed E-state index contributed by atoms with van der Waals surface area (Å²) in [5.74, 6) is -0.0748. The second-order valence-corrected chi connectivity index (χ2v) is 9.24. The maximum Gasteiger partial charge on any atom is 0.295 e. The molecular weight excluding hydrogens is 410 g/mol. The molecule has 0 spiro atoms. The van der Waals surface area contributed by atoms with Crippen molar-refractivity contribution in [3.8, 4) is 0 Å². The molecule has 6 nitrogen and oxygen atoms in total. The highest BCUT2D eigenvalue weighted by Gasteiger charge is 2.48. The highest BCUT2D eigenvalue weighted by Crippen LogP contribution is 2.45. The molecule has 0 aromatic heterocycles. The number of hydrazine groups is 1. The number of hydrogen-bond donors (Lipinski definition) is 1. The van der Waals surface area contributed by atoms with Crippen molar-refractivity contribution in [2.75, 3.05) is 32.8 Å². The van der Waals surface area contributed by atoms with Crippen molar-refractivity contribution in [3.63, 3.8) is 0 Å². The zero-order valence-electron chi connectivity index (χ0n) is 16.8. The summed E-state index contributed by atoms with van der Waals surface area (Å²) < 4.78 is 30.1. The molecule has 1 aliphatic rings. The Balaban J connectivity index is 2.15. The molecule has 1 saturated heterocycles. The van der Waals surface area contributed by atoms with Gasteiger partial charge in [-0.15, -0.1) is 4.41 Å². The minimum Gasteiger partial charge on any atom is -0.395 e. The number of β-amino-alcohol motifs (C(OH)–C–C–N with tert-alkyl or cyclic N) is 1. The van der Waals surface area contributed by atoms with Crippen LogP contribution in [0, 0.1) is 0 Å². The molecule has 2 unspecified atom stereocenters. The Hall–Kier alpha value is -1.48. The van der Waals surface area contributed by atoms with Gasteiger partial charge in [-0.25, -0.2) is 5.01 Å². The fourth-order valence-corrected chi connectivity index (χ4v) is 6.02. The Bertz CT molecular complexity index is 889. The minimum absolute atomic E-state index is 0.0748. The van der Waals surface area contributed by atoms with Gasteiger partial charge in [0.1, 0.15) is 0 Å². The van der Waals surface area contributed by atoms with Gasteiger partial charge in [0.25, 0.3) is 10.2 Å². The van der Waals surface area contributed by atoms with Crippen LogP contribution in [0.2, 0.25) is 5.02 Å². The van der Waals surface area contributed by atoms with Crippen LogP contribution in [0.4, 0.5) is 0 Å². The van der Waals surface area contributed by atoms with E-state index < -0.39 is 16.3 Å². The van der Waals surface area contributed by atoms with Gasteiger partial charge in [0.15, 0.2) is 0 Å². The van der Waals surface area contributed by atoms with Gasteiger partial charge in [0.2, 0.25) is 0 Å². The van der Waals surface area contributed by atoms with Crippen molar-refractivity contribution < 1.29 is 13.5 Å². The molecule has 0 radical (unpaired) electrons. The molecule has 2 aromatic carbocycles. The monoisotopic (exact) mass is 437 g/mol. The molecule has 29 heavy (non-hydrogen) atoms. The molecule has 0 bridgehead atoms. The van der Waals surface area contributed by atoms with E-state index >= 15 is 0 Å². The summed E-state index contributed by atoms with van der Waals surface area (Å²) in [6, 6.07) is 16.9. The Kier molecular flexibility index (Phi) is 7.32.